The lowest BCUT2D eigenvalue weighted by Gasteiger charge is -2.31. The van der Waals surface area contributed by atoms with Crippen LogP contribution in [-0.2, 0) is 4.74 Å². The SMILES string of the molecule is CCN1CCOC(C(=O)c2cccc(Cl)c2)C1. The summed E-state index contributed by atoms with van der Waals surface area (Å²) in [7, 11) is 0. The molecule has 4 heteroatoms. The molecule has 0 aromatic heterocycles. The third kappa shape index (κ3) is 3.06. The number of Topliss-reactive ketones (excluding diaryl/α,β-unsaturated/α-hetero) is 1. The summed E-state index contributed by atoms with van der Waals surface area (Å²) in [6.45, 7) is 5.22. The number of morpholine rings is 1. The summed E-state index contributed by atoms with van der Waals surface area (Å²) in [5.41, 5.74) is 0.625. The van der Waals surface area contributed by atoms with Crippen molar-refractivity contribution < 1.29 is 9.53 Å². The summed E-state index contributed by atoms with van der Waals surface area (Å²) in [4.78, 5) is 14.4. The number of rotatable bonds is 3. The number of ether oxygens (including phenoxy) is 1. The van der Waals surface area contributed by atoms with E-state index in [1.807, 2.05) is 0 Å². The first-order chi connectivity index (χ1) is 8.20. The van der Waals surface area contributed by atoms with Gasteiger partial charge in [-0.2, -0.15) is 0 Å². The van der Waals surface area contributed by atoms with E-state index < -0.39 is 0 Å². The first-order valence-electron chi connectivity index (χ1n) is 5.84. The zero-order chi connectivity index (χ0) is 12.3. The average molecular weight is 254 g/mol. The number of ketones is 1. The van der Waals surface area contributed by atoms with Crippen molar-refractivity contribution in [1.82, 2.24) is 4.90 Å². The van der Waals surface area contributed by atoms with E-state index >= 15 is 0 Å². The molecule has 1 aromatic rings. The molecule has 0 N–H and O–H groups in total. The summed E-state index contributed by atoms with van der Waals surface area (Å²) >= 11 is 5.88. The minimum atomic E-state index is -0.359. The van der Waals surface area contributed by atoms with E-state index in [-0.39, 0.29) is 11.9 Å². The van der Waals surface area contributed by atoms with Crippen molar-refractivity contribution in [2.75, 3.05) is 26.2 Å². The van der Waals surface area contributed by atoms with Gasteiger partial charge in [-0.05, 0) is 18.7 Å². The van der Waals surface area contributed by atoms with E-state index in [1.165, 1.54) is 0 Å². The molecule has 0 radical (unpaired) electrons. The summed E-state index contributed by atoms with van der Waals surface area (Å²) in [6, 6.07) is 7.02. The molecule has 1 saturated heterocycles. The van der Waals surface area contributed by atoms with E-state index in [9.17, 15) is 4.79 Å². The standard InChI is InChI=1S/C13H16ClNO2/c1-2-15-6-7-17-12(9-15)13(16)10-4-3-5-11(14)8-10/h3-5,8,12H,2,6-7,9H2,1H3. The Kier molecular flexibility index (Phi) is 4.15. The fourth-order valence-corrected chi connectivity index (χ4v) is 2.17. The Morgan fingerprint density at radius 3 is 3.12 bits per heavy atom. The van der Waals surface area contributed by atoms with Crippen LogP contribution in [0, 0.1) is 0 Å². The Bertz CT molecular complexity index is 408. The van der Waals surface area contributed by atoms with Gasteiger partial charge in [-0.15, -0.1) is 0 Å². The van der Waals surface area contributed by atoms with Crippen molar-refractivity contribution in [2.45, 2.75) is 13.0 Å². The van der Waals surface area contributed by atoms with Crippen molar-refractivity contribution >= 4 is 17.4 Å². The molecule has 3 nitrogen and oxygen atoms in total. The maximum atomic E-state index is 12.2. The van der Waals surface area contributed by atoms with Crippen LogP contribution >= 0.6 is 11.6 Å². The lowest BCUT2D eigenvalue weighted by atomic mass is 10.1. The maximum Gasteiger partial charge on any atom is 0.192 e. The van der Waals surface area contributed by atoms with Gasteiger partial charge in [0, 0.05) is 23.7 Å². The van der Waals surface area contributed by atoms with Gasteiger partial charge in [0.05, 0.1) is 6.61 Å². The number of carbonyl (C=O) groups excluding carboxylic acids is 1. The monoisotopic (exact) mass is 253 g/mol. The highest BCUT2D eigenvalue weighted by Gasteiger charge is 2.26. The van der Waals surface area contributed by atoms with Crippen molar-refractivity contribution in [3.63, 3.8) is 0 Å². The van der Waals surface area contributed by atoms with Crippen LogP contribution in [-0.4, -0.2) is 43.0 Å². The van der Waals surface area contributed by atoms with E-state index in [0.29, 0.717) is 23.7 Å². The van der Waals surface area contributed by atoms with E-state index in [4.69, 9.17) is 16.3 Å². The zero-order valence-electron chi connectivity index (χ0n) is 9.86. The second kappa shape index (κ2) is 5.63. The molecule has 1 aliphatic rings. The zero-order valence-corrected chi connectivity index (χ0v) is 10.6. The molecule has 1 aliphatic heterocycles. The molecule has 1 fully saturated rings. The molecule has 0 saturated carbocycles. The quantitative estimate of drug-likeness (QED) is 0.774. The largest absolute Gasteiger partial charge is 0.367 e. The number of hydrogen-bond donors (Lipinski definition) is 0. The lowest BCUT2D eigenvalue weighted by molar-refractivity contribution is -0.0148. The van der Waals surface area contributed by atoms with Crippen LogP contribution in [0.4, 0.5) is 0 Å². The van der Waals surface area contributed by atoms with E-state index in [2.05, 4.69) is 11.8 Å². The minimum Gasteiger partial charge on any atom is -0.367 e. The molecule has 1 atom stereocenters. The number of benzene rings is 1. The third-order valence-corrected chi connectivity index (χ3v) is 3.23. The average Bonchev–Trinajstić information content (AvgIpc) is 2.38. The maximum absolute atomic E-state index is 12.2. The van der Waals surface area contributed by atoms with Crippen LogP contribution in [0.1, 0.15) is 17.3 Å². The Hall–Kier alpha value is -0.900. The Morgan fingerprint density at radius 2 is 2.41 bits per heavy atom. The van der Waals surface area contributed by atoms with Crippen molar-refractivity contribution in [3.05, 3.63) is 34.9 Å². The molecular formula is C13H16ClNO2. The number of hydrogen-bond acceptors (Lipinski definition) is 3. The summed E-state index contributed by atoms with van der Waals surface area (Å²) < 4.78 is 5.53. The molecule has 1 unspecified atom stereocenters. The molecule has 0 amide bonds. The van der Waals surface area contributed by atoms with Crippen molar-refractivity contribution in [1.29, 1.82) is 0 Å². The smallest absolute Gasteiger partial charge is 0.192 e. The van der Waals surface area contributed by atoms with Crippen LogP contribution in [0.2, 0.25) is 5.02 Å². The van der Waals surface area contributed by atoms with Crippen LogP contribution in [0.3, 0.4) is 0 Å². The molecule has 17 heavy (non-hydrogen) atoms. The van der Waals surface area contributed by atoms with Gasteiger partial charge in [-0.3, -0.25) is 9.69 Å². The number of nitrogens with zero attached hydrogens (tertiary/aromatic N) is 1. The minimum absolute atomic E-state index is 0.0191. The second-order valence-electron chi connectivity index (χ2n) is 4.13. The topological polar surface area (TPSA) is 29.5 Å². The number of halogens is 1. The third-order valence-electron chi connectivity index (χ3n) is 3.00. The van der Waals surface area contributed by atoms with Gasteiger partial charge < -0.3 is 4.74 Å². The van der Waals surface area contributed by atoms with Crippen molar-refractivity contribution in [2.24, 2.45) is 0 Å². The molecule has 0 bridgehead atoms. The van der Waals surface area contributed by atoms with E-state index in [0.717, 1.165) is 13.1 Å². The van der Waals surface area contributed by atoms with Crippen LogP contribution in [0.25, 0.3) is 0 Å². The van der Waals surface area contributed by atoms with Gasteiger partial charge in [0.2, 0.25) is 0 Å². The fraction of sp³-hybridized carbons (Fsp3) is 0.462. The van der Waals surface area contributed by atoms with E-state index in [1.54, 1.807) is 24.3 Å². The number of carbonyl (C=O) groups is 1. The first-order valence-corrected chi connectivity index (χ1v) is 6.22. The fourth-order valence-electron chi connectivity index (χ4n) is 1.98. The molecule has 1 aromatic carbocycles. The van der Waals surface area contributed by atoms with Crippen LogP contribution < -0.4 is 0 Å². The van der Waals surface area contributed by atoms with Crippen molar-refractivity contribution in [3.8, 4) is 0 Å². The summed E-state index contributed by atoms with van der Waals surface area (Å²) in [5.74, 6) is 0.0191. The van der Waals surface area contributed by atoms with Gasteiger partial charge >= 0.3 is 0 Å². The highest BCUT2D eigenvalue weighted by Crippen LogP contribution is 2.15. The van der Waals surface area contributed by atoms with Gasteiger partial charge in [0.1, 0.15) is 6.10 Å². The first kappa shape index (κ1) is 12.6. The Labute approximate surface area is 106 Å². The van der Waals surface area contributed by atoms with Gasteiger partial charge in [0.25, 0.3) is 0 Å². The van der Waals surface area contributed by atoms with Crippen LogP contribution in [0.5, 0.6) is 0 Å². The second-order valence-corrected chi connectivity index (χ2v) is 4.56. The Morgan fingerprint density at radius 1 is 1.59 bits per heavy atom. The molecule has 92 valence electrons. The summed E-state index contributed by atoms with van der Waals surface area (Å²) in [5, 5.41) is 0.582. The van der Waals surface area contributed by atoms with Gasteiger partial charge in [-0.1, -0.05) is 30.7 Å². The van der Waals surface area contributed by atoms with Gasteiger partial charge in [-0.25, -0.2) is 0 Å². The Balaban J connectivity index is 2.09. The summed E-state index contributed by atoms with van der Waals surface area (Å²) in [6.07, 6.45) is -0.359. The predicted octanol–water partition coefficient (Wildman–Crippen LogP) is 2.24. The molecule has 1 heterocycles. The van der Waals surface area contributed by atoms with Gasteiger partial charge in [0.15, 0.2) is 5.78 Å². The normalized spacial score (nSPS) is 21.4. The highest BCUT2D eigenvalue weighted by atomic mass is 35.5. The van der Waals surface area contributed by atoms with Crippen LogP contribution in [0.15, 0.2) is 24.3 Å². The molecule has 0 aliphatic carbocycles. The lowest BCUT2D eigenvalue weighted by Crippen LogP contribution is -2.45. The molecule has 0 spiro atoms. The predicted molar refractivity (Wildman–Crippen MR) is 67.6 cm³/mol. The molecular weight excluding hydrogens is 238 g/mol. The number of likely N-dealkylation sites (N-methyl/N-ethyl adjacent to an activating group) is 1. The highest BCUT2D eigenvalue weighted by molar-refractivity contribution is 6.31. The molecule has 2 rings (SSSR count).